The van der Waals surface area contributed by atoms with E-state index < -0.39 is 0 Å². The fourth-order valence-corrected chi connectivity index (χ4v) is 1.54. The molecular weight excluding hydrogens is 174 g/mol. The molecule has 1 heterocycles. The number of nitrogens with zero attached hydrogens (tertiary/aromatic N) is 2. The van der Waals surface area contributed by atoms with Crippen molar-refractivity contribution in [2.24, 2.45) is 5.92 Å². The highest BCUT2D eigenvalue weighted by molar-refractivity contribution is 7.13. The van der Waals surface area contributed by atoms with Crippen molar-refractivity contribution in [1.82, 2.24) is 10.2 Å². The molecule has 1 aromatic rings. The average Bonchev–Trinajstić information content (AvgIpc) is 2.80. The van der Waals surface area contributed by atoms with Crippen LogP contribution in [0.1, 0.15) is 12.8 Å². The van der Waals surface area contributed by atoms with E-state index in [1.165, 1.54) is 24.2 Å². The van der Waals surface area contributed by atoms with Crippen LogP contribution in [-0.2, 0) is 0 Å². The summed E-state index contributed by atoms with van der Waals surface area (Å²) < 4.78 is 0. The molecule has 0 bridgehead atoms. The molecule has 1 aliphatic carbocycles. The van der Waals surface area contributed by atoms with Gasteiger partial charge in [0, 0.05) is 6.54 Å². The van der Waals surface area contributed by atoms with Crippen LogP contribution in [-0.4, -0.2) is 28.0 Å². The van der Waals surface area contributed by atoms with E-state index in [2.05, 4.69) is 15.5 Å². The van der Waals surface area contributed by atoms with Crippen molar-refractivity contribution in [3.63, 3.8) is 0 Å². The van der Waals surface area contributed by atoms with E-state index in [1.54, 1.807) is 5.51 Å². The Morgan fingerprint density at radius 1 is 1.75 bits per heavy atom. The third-order valence-corrected chi connectivity index (χ3v) is 2.64. The SMILES string of the molecule is OC(CNc1nncs1)C1CC1. The molecule has 1 fully saturated rings. The van der Waals surface area contributed by atoms with Gasteiger partial charge in [0.15, 0.2) is 0 Å². The summed E-state index contributed by atoms with van der Waals surface area (Å²) in [5, 5.41) is 20.8. The predicted octanol–water partition coefficient (Wildman–Crippen LogP) is 0.721. The maximum Gasteiger partial charge on any atom is 0.205 e. The number of hydrogen-bond acceptors (Lipinski definition) is 5. The quantitative estimate of drug-likeness (QED) is 0.725. The Morgan fingerprint density at radius 3 is 3.17 bits per heavy atom. The standard InChI is InChI=1S/C7H11N3OS/c11-6(5-1-2-5)3-8-7-10-9-4-12-7/h4-6,11H,1-3H2,(H,8,10). The first-order chi connectivity index (χ1) is 5.86. The summed E-state index contributed by atoms with van der Waals surface area (Å²) in [4.78, 5) is 0. The zero-order valence-corrected chi connectivity index (χ0v) is 7.42. The third kappa shape index (κ3) is 1.92. The van der Waals surface area contributed by atoms with Crippen molar-refractivity contribution in [1.29, 1.82) is 0 Å². The highest BCUT2D eigenvalue weighted by atomic mass is 32.1. The van der Waals surface area contributed by atoms with Gasteiger partial charge in [0.1, 0.15) is 5.51 Å². The second kappa shape index (κ2) is 3.37. The number of aromatic nitrogens is 2. The summed E-state index contributed by atoms with van der Waals surface area (Å²) >= 11 is 1.45. The molecule has 12 heavy (non-hydrogen) atoms. The largest absolute Gasteiger partial charge is 0.391 e. The molecule has 1 aliphatic rings. The van der Waals surface area contributed by atoms with Crippen molar-refractivity contribution in [2.45, 2.75) is 18.9 Å². The molecule has 1 unspecified atom stereocenters. The van der Waals surface area contributed by atoms with Crippen LogP contribution in [0.2, 0.25) is 0 Å². The lowest BCUT2D eigenvalue weighted by atomic mass is 10.2. The van der Waals surface area contributed by atoms with E-state index in [1.807, 2.05) is 0 Å². The van der Waals surface area contributed by atoms with Crippen LogP contribution in [0.25, 0.3) is 0 Å². The normalized spacial score (nSPS) is 19.1. The first-order valence-electron chi connectivity index (χ1n) is 4.04. The third-order valence-electron chi connectivity index (χ3n) is 1.99. The minimum absolute atomic E-state index is 0.214. The summed E-state index contributed by atoms with van der Waals surface area (Å²) in [7, 11) is 0. The van der Waals surface area contributed by atoms with E-state index in [9.17, 15) is 5.11 Å². The second-order valence-corrected chi connectivity index (χ2v) is 3.86. The Morgan fingerprint density at radius 2 is 2.58 bits per heavy atom. The molecule has 4 nitrogen and oxygen atoms in total. The van der Waals surface area contributed by atoms with Gasteiger partial charge in [-0.2, -0.15) is 0 Å². The second-order valence-electron chi connectivity index (χ2n) is 3.03. The predicted molar refractivity (Wildman–Crippen MR) is 47.1 cm³/mol. The molecule has 0 aliphatic heterocycles. The Balaban J connectivity index is 1.74. The smallest absolute Gasteiger partial charge is 0.205 e. The molecule has 66 valence electrons. The molecule has 5 heteroatoms. The highest BCUT2D eigenvalue weighted by Crippen LogP contribution is 2.32. The minimum atomic E-state index is -0.214. The van der Waals surface area contributed by atoms with Gasteiger partial charge in [-0.05, 0) is 18.8 Å². The highest BCUT2D eigenvalue weighted by Gasteiger charge is 2.29. The van der Waals surface area contributed by atoms with Crippen LogP contribution in [0.4, 0.5) is 5.13 Å². The van der Waals surface area contributed by atoms with Gasteiger partial charge in [0.25, 0.3) is 0 Å². The molecule has 0 spiro atoms. The molecule has 0 radical (unpaired) electrons. The fraction of sp³-hybridized carbons (Fsp3) is 0.714. The van der Waals surface area contributed by atoms with Crippen LogP contribution in [0, 0.1) is 5.92 Å². The molecule has 2 rings (SSSR count). The summed E-state index contributed by atoms with van der Waals surface area (Å²) in [5.41, 5.74) is 1.67. The van der Waals surface area contributed by atoms with Crippen LogP contribution < -0.4 is 5.32 Å². The van der Waals surface area contributed by atoms with Gasteiger partial charge in [-0.15, -0.1) is 10.2 Å². The number of hydrogen-bond donors (Lipinski definition) is 2. The Hall–Kier alpha value is -0.680. The zero-order chi connectivity index (χ0) is 8.39. The van der Waals surface area contributed by atoms with Crippen LogP contribution in [0.5, 0.6) is 0 Å². The topological polar surface area (TPSA) is 58.0 Å². The van der Waals surface area contributed by atoms with Gasteiger partial charge in [0.05, 0.1) is 6.10 Å². The molecule has 1 atom stereocenters. The maximum atomic E-state index is 9.48. The number of aliphatic hydroxyl groups is 1. The monoisotopic (exact) mass is 185 g/mol. The van der Waals surface area contributed by atoms with Gasteiger partial charge in [0.2, 0.25) is 5.13 Å². The summed E-state index contributed by atoms with van der Waals surface area (Å²) in [6.07, 6.45) is 2.12. The van der Waals surface area contributed by atoms with Gasteiger partial charge in [-0.1, -0.05) is 11.3 Å². The lowest BCUT2D eigenvalue weighted by molar-refractivity contribution is 0.164. The van der Waals surface area contributed by atoms with Gasteiger partial charge >= 0.3 is 0 Å². The lowest BCUT2D eigenvalue weighted by Gasteiger charge is -2.08. The zero-order valence-electron chi connectivity index (χ0n) is 6.60. The first-order valence-corrected chi connectivity index (χ1v) is 4.92. The summed E-state index contributed by atoms with van der Waals surface area (Å²) in [6, 6.07) is 0. The van der Waals surface area contributed by atoms with E-state index >= 15 is 0 Å². The van der Waals surface area contributed by atoms with E-state index in [4.69, 9.17) is 0 Å². The molecule has 0 amide bonds. The number of rotatable bonds is 4. The first kappa shape index (κ1) is 7.94. The Bertz CT molecular complexity index is 235. The number of nitrogens with one attached hydrogen (secondary N) is 1. The van der Waals surface area contributed by atoms with Gasteiger partial charge < -0.3 is 10.4 Å². The van der Waals surface area contributed by atoms with Crippen molar-refractivity contribution in [2.75, 3.05) is 11.9 Å². The maximum absolute atomic E-state index is 9.48. The average molecular weight is 185 g/mol. The molecule has 0 saturated heterocycles. The van der Waals surface area contributed by atoms with Crippen molar-refractivity contribution in [3.8, 4) is 0 Å². The molecule has 1 aromatic heterocycles. The van der Waals surface area contributed by atoms with Gasteiger partial charge in [-0.25, -0.2) is 0 Å². The van der Waals surface area contributed by atoms with E-state index in [-0.39, 0.29) is 6.10 Å². The van der Waals surface area contributed by atoms with Crippen LogP contribution in [0.3, 0.4) is 0 Å². The number of aliphatic hydroxyl groups excluding tert-OH is 1. The minimum Gasteiger partial charge on any atom is -0.391 e. The summed E-state index contributed by atoms with van der Waals surface area (Å²) in [6.45, 7) is 0.597. The van der Waals surface area contributed by atoms with Crippen molar-refractivity contribution in [3.05, 3.63) is 5.51 Å². The molecular formula is C7H11N3OS. The van der Waals surface area contributed by atoms with Gasteiger partial charge in [-0.3, -0.25) is 0 Å². The van der Waals surface area contributed by atoms with Crippen molar-refractivity contribution < 1.29 is 5.11 Å². The van der Waals surface area contributed by atoms with Crippen LogP contribution >= 0.6 is 11.3 Å². The lowest BCUT2D eigenvalue weighted by Crippen LogP contribution is -2.21. The van der Waals surface area contributed by atoms with Crippen LogP contribution in [0.15, 0.2) is 5.51 Å². The molecule has 1 saturated carbocycles. The summed E-state index contributed by atoms with van der Waals surface area (Å²) in [5.74, 6) is 0.519. The van der Waals surface area contributed by atoms with E-state index in [0.717, 1.165) is 5.13 Å². The van der Waals surface area contributed by atoms with Crippen molar-refractivity contribution >= 4 is 16.5 Å². The van der Waals surface area contributed by atoms with E-state index in [0.29, 0.717) is 12.5 Å². The molecule has 2 N–H and O–H groups in total. The Labute approximate surface area is 74.6 Å². The number of anilines is 1. The molecule has 0 aromatic carbocycles. The fourth-order valence-electron chi connectivity index (χ4n) is 1.09. The Kier molecular flexibility index (Phi) is 2.23.